The van der Waals surface area contributed by atoms with Gasteiger partial charge in [0.2, 0.25) is 0 Å². The van der Waals surface area contributed by atoms with Crippen molar-refractivity contribution in [2.45, 2.75) is 13.5 Å². The van der Waals surface area contributed by atoms with Gasteiger partial charge in [0.1, 0.15) is 11.3 Å². The molecule has 28 heavy (non-hydrogen) atoms. The van der Waals surface area contributed by atoms with Crippen LogP contribution in [0.5, 0.6) is 5.75 Å². The Kier molecular flexibility index (Phi) is 5.81. The van der Waals surface area contributed by atoms with E-state index in [1.165, 1.54) is 29.5 Å². The van der Waals surface area contributed by atoms with Gasteiger partial charge in [-0.3, -0.25) is 4.79 Å². The molecule has 1 amide bonds. The van der Waals surface area contributed by atoms with E-state index < -0.39 is 11.9 Å². The van der Waals surface area contributed by atoms with Crippen LogP contribution in [0.2, 0.25) is 4.47 Å². The van der Waals surface area contributed by atoms with E-state index in [0.29, 0.717) is 16.6 Å². The summed E-state index contributed by atoms with van der Waals surface area (Å²) < 4.78 is 0.469. The smallest absolute Gasteiger partial charge is 0.339 e. The number of rotatable bonds is 6. The topological polar surface area (TPSA) is 112 Å². The zero-order chi connectivity index (χ0) is 20.3. The van der Waals surface area contributed by atoms with Crippen LogP contribution in [0, 0.1) is 6.92 Å². The number of nitrogens with one attached hydrogen (secondary N) is 2. The number of carboxylic acid groups (broad SMARTS) is 1. The number of hydrogen-bond acceptors (Lipinski definition) is 6. The highest BCUT2D eigenvalue weighted by Crippen LogP contribution is 2.24. The molecule has 0 saturated heterocycles. The zero-order valence-electron chi connectivity index (χ0n) is 14.7. The van der Waals surface area contributed by atoms with Crippen LogP contribution in [0.4, 0.5) is 11.4 Å². The molecule has 2 aromatic carbocycles. The molecule has 0 saturated carbocycles. The molecule has 0 spiro atoms. The SMILES string of the molecule is Cc1ccc(C(=O)Nc2ccc(O)c(C(=O)O)c2)cc1NCc1cnc(Cl)s1. The van der Waals surface area contributed by atoms with Crippen molar-refractivity contribution in [1.29, 1.82) is 0 Å². The Hall–Kier alpha value is -3.10. The average Bonchev–Trinajstić information content (AvgIpc) is 3.07. The molecule has 9 heteroatoms. The van der Waals surface area contributed by atoms with Crippen LogP contribution in [-0.4, -0.2) is 27.1 Å². The third-order valence-electron chi connectivity index (χ3n) is 3.96. The number of aryl methyl sites for hydroxylation is 1. The van der Waals surface area contributed by atoms with Crippen LogP contribution < -0.4 is 10.6 Å². The van der Waals surface area contributed by atoms with Crippen molar-refractivity contribution < 1.29 is 19.8 Å². The number of carboxylic acids is 1. The molecule has 4 N–H and O–H groups in total. The van der Waals surface area contributed by atoms with E-state index in [0.717, 1.165) is 16.1 Å². The van der Waals surface area contributed by atoms with E-state index in [9.17, 15) is 14.7 Å². The summed E-state index contributed by atoms with van der Waals surface area (Å²) in [5.41, 5.74) is 2.14. The Balaban J connectivity index is 1.75. The summed E-state index contributed by atoms with van der Waals surface area (Å²) in [4.78, 5) is 28.6. The lowest BCUT2D eigenvalue weighted by Crippen LogP contribution is -2.13. The number of aromatic hydroxyl groups is 1. The molecular weight excluding hydrogens is 402 g/mol. The molecule has 0 aliphatic heterocycles. The van der Waals surface area contributed by atoms with Crippen LogP contribution in [-0.2, 0) is 6.54 Å². The van der Waals surface area contributed by atoms with Gasteiger partial charge in [-0.1, -0.05) is 17.7 Å². The highest BCUT2D eigenvalue weighted by Gasteiger charge is 2.13. The lowest BCUT2D eigenvalue weighted by Gasteiger charge is -2.12. The Labute approximate surface area is 169 Å². The summed E-state index contributed by atoms with van der Waals surface area (Å²) in [6.45, 7) is 2.44. The lowest BCUT2D eigenvalue weighted by atomic mass is 10.1. The van der Waals surface area contributed by atoms with Gasteiger partial charge in [0, 0.05) is 28.0 Å². The number of nitrogens with zero attached hydrogens (tertiary/aromatic N) is 1. The fourth-order valence-corrected chi connectivity index (χ4v) is 3.41. The minimum Gasteiger partial charge on any atom is -0.507 e. The third-order valence-corrected chi connectivity index (χ3v) is 5.08. The van der Waals surface area contributed by atoms with Crippen LogP contribution in [0.3, 0.4) is 0 Å². The molecule has 0 atom stereocenters. The maximum atomic E-state index is 12.5. The predicted octanol–water partition coefficient (Wildman–Crippen LogP) is 4.37. The van der Waals surface area contributed by atoms with E-state index in [4.69, 9.17) is 16.7 Å². The molecule has 1 aromatic heterocycles. The predicted molar refractivity (Wildman–Crippen MR) is 109 cm³/mol. The third kappa shape index (κ3) is 4.59. The van der Waals surface area contributed by atoms with Gasteiger partial charge in [0.05, 0.1) is 6.54 Å². The van der Waals surface area contributed by atoms with Gasteiger partial charge in [-0.05, 0) is 42.8 Å². The van der Waals surface area contributed by atoms with Gasteiger partial charge in [-0.25, -0.2) is 9.78 Å². The molecule has 144 valence electrons. The highest BCUT2D eigenvalue weighted by atomic mass is 35.5. The summed E-state index contributed by atoms with van der Waals surface area (Å²) in [5.74, 6) is -2.04. The molecule has 3 rings (SSSR count). The van der Waals surface area contributed by atoms with Crippen molar-refractivity contribution in [3.05, 3.63) is 68.6 Å². The first-order chi connectivity index (χ1) is 13.3. The molecule has 1 heterocycles. The van der Waals surface area contributed by atoms with Crippen molar-refractivity contribution in [2.75, 3.05) is 10.6 Å². The van der Waals surface area contributed by atoms with E-state index >= 15 is 0 Å². The number of anilines is 2. The molecule has 0 fully saturated rings. The van der Waals surface area contributed by atoms with Crippen molar-refractivity contribution in [3.8, 4) is 5.75 Å². The number of carbonyl (C=O) groups excluding carboxylic acids is 1. The Morgan fingerprint density at radius 2 is 2.00 bits per heavy atom. The van der Waals surface area contributed by atoms with Gasteiger partial charge in [-0.15, -0.1) is 11.3 Å². The lowest BCUT2D eigenvalue weighted by molar-refractivity contribution is 0.0693. The Morgan fingerprint density at radius 3 is 2.68 bits per heavy atom. The second kappa shape index (κ2) is 8.28. The van der Waals surface area contributed by atoms with E-state index in [1.807, 2.05) is 13.0 Å². The molecule has 0 aliphatic carbocycles. The van der Waals surface area contributed by atoms with Gasteiger partial charge >= 0.3 is 5.97 Å². The number of phenols is 1. The minimum absolute atomic E-state index is 0.273. The van der Waals surface area contributed by atoms with Crippen LogP contribution >= 0.6 is 22.9 Å². The van der Waals surface area contributed by atoms with Gasteiger partial charge in [0.25, 0.3) is 5.91 Å². The number of benzene rings is 2. The maximum Gasteiger partial charge on any atom is 0.339 e. The van der Waals surface area contributed by atoms with Crippen molar-refractivity contribution in [1.82, 2.24) is 4.98 Å². The van der Waals surface area contributed by atoms with Crippen molar-refractivity contribution in [2.24, 2.45) is 0 Å². The molecule has 3 aromatic rings. The number of hydrogen-bond donors (Lipinski definition) is 4. The fraction of sp³-hybridized carbons (Fsp3) is 0.105. The van der Waals surface area contributed by atoms with Crippen LogP contribution in [0.15, 0.2) is 42.6 Å². The van der Waals surface area contributed by atoms with E-state index in [-0.39, 0.29) is 17.0 Å². The number of amides is 1. The zero-order valence-corrected chi connectivity index (χ0v) is 16.3. The number of thiazole rings is 1. The first kappa shape index (κ1) is 19.7. The second-order valence-electron chi connectivity index (χ2n) is 5.95. The number of halogens is 1. The molecule has 7 nitrogen and oxygen atoms in total. The largest absolute Gasteiger partial charge is 0.507 e. The van der Waals surface area contributed by atoms with Gasteiger partial charge in [-0.2, -0.15) is 0 Å². The molecule has 0 unspecified atom stereocenters. The normalized spacial score (nSPS) is 10.5. The summed E-state index contributed by atoms with van der Waals surface area (Å²) in [7, 11) is 0. The highest BCUT2D eigenvalue weighted by molar-refractivity contribution is 7.15. The molecular formula is C19H16ClN3O4S. The van der Waals surface area contributed by atoms with Crippen molar-refractivity contribution >= 4 is 46.2 Å². The first-order valence-electron chi connectivity index (χ1n) is 8.16. The van der Waals surface area contributed by atoms with Gasteiger partial charge in [0.15, 0.2) is 4.47 Å². The van der Waals surface area contributed by atoms with E-state index in [2.05, 4.69) is 15.6 Å². The quantitative estimate of drug-likeness (QED) is 0.443. The molecule has 0 radical (unpaired) electrons. The summed E-state index contributed by atoms with van der Waals surface area (Å²) in [5, 5.41) is 24.5. The standard InChI is InChI=1S/C19H16ClN3O4S/c1-10-2-3-11(6-15(10)21-8-13-9-22-19(20)28-13)17(25)23-12-4-5-16(24)14(7-12)18(26)27/h2-7,9,21,24H,8H2,1H3,(H,23,25)(H,26,27). The summed E-state index contributed by atoms with van der Waals surface area (Å²) in [6.07, 6.45) is 1.69. The Morgan fingerprint density at radius 1 is 1.21 bits per heavy atom. The Bertz CT molecular complexity index is 1050. The van der Waals surface area contributed by atoms with Crippen LogP contribution in [0.25, 0.3) is 0 Å². The van der Waals surface area contributed by atoms with E-state index in [1.54, 1.807) is 18.3 Å². The fourth-order valence-electron chi connectivity index (χ4n) is 2.49. The number of aromatic nitrogens is 1. The second-order valence-corrected chi connectivity index (χ2v) is 7.65. The summed E-state index contributed by atoms with van der Waals surface area (Å²) >= 11 is 7.21. The summed E-state index contributed by atoms with van der Waals surface area (Å²) in [6, 6.07) is 9.07. The molecule has 0 bridgehead atoms. The molecule has 0 aliphatic rings. The maximum absolute atomic E-state index is 12.5. The number of aromatic carboxylic acids is 1. The van der Waals surface area contributed by atoms with Gasteiger partial charge < -0.3 is 20.8 Å². The monoisotopic (exact) mass is 417 g/mol. The average molecular weight is 418 g/mol. The minimum atomic E-state index is -1.28. The number of carbonyl (C=O) groups is 2. The van der Waals surface area contributed by atoms with Crippen molar-refractivity contribution in [3.63, 3.8) is 0 Å². The first-order valence-corrected chi connectivity index (χ1v) is 9.35. The van der Waals surface area contributed by atoms with Crippen LogP contribution in [0.1, 0.15) is 31.2 Å².